The van der Waals surface area contributed by atoms with Gasteiger partial charge in [0.1, 0.15) is 0 Å². The van der Waals surface area contributed by atoms with Crippen molar-refractivity contribution in [2.75, 3.05) is 98.5 Å². The van der Waals surface area contributed by atoms with E-state index in [0.717, 1.165) is 129 Å². The molecule has 5 aromatic carbocycles. The Morgan fingerprint density at radius 1 is 0.352 bits per heavy atom. The molecule has 0 atom stereocenters. The molecule has 8 aliphatic heterocycles. The van der Waals surface area contributed by atoms with Crippen molar-refractivity contribution in [1.29, 1.82) is 0 Å². The van der Waals surface area contributed by atoms with Gasteiger partial charge in [0.2, 0.25) is 0 Å². The molecule has 0 unspecified atom stereocenters. The van der Waals surface area contributed by atoms with Gasteiger partial charge < -0.3 is 60.8 Å². The van der Waals surface area contributed by atoms with Gasteiger partial charge in [0.25, 0.3) is 22.2 Å². The molecule has 0 radical (unpaired) electrons. The first-order valence-corrected chi connectivity index (χ1v) is 36.0. The van der Waals surface area contributed by atoms with E-state index in [-0.39, 0.29) is 22.8 Å². The second-order valence-electron chi connectivity index (χ2n) is 27.4. The highest BCUT2D eigenvalue weighted by Crippen LogP contribution is 2.28. The fourth-order valence-corrected chi connectivity index (χ4v) is 12.3. The minimum Gasteiger partial charge on any atom is -0.378 e. The summed E-state index contributed by atoms with van der Waals surface area (Å²) in [6.45, 7) is 26.6. The summed E-state index contributed by atoms with van der Waals surface area (Å²) in [4.78, 5) is 143. The maximum Gasteiger partial charge on any atom is 0.349 e. The minimum atomic E-state index is -0.662. The summed E-state index contributed by atoms with van der Waals surface area (Å²) < 4.78 is 7.60. The summed E-state index contributed by atoms with van der Waals surface area (Å²) in [5.74, 6) is 1.26. The predicted octanol–water partition coefficient (Wildman–Crippen LogP) is 3.08. The van der Waals surface area contributed by atoms with Crippen LogP contribution in [0.4, 0.5) is 5.69 Å². The number of rotatable bonds is 25. The van der Waals surface area contributed by atoms with Crippen LogP contribution in [0.3, 0.4) is 0 Å². The predicted molar refractivity (Wildman–Crippen MR) is 424 cm³/mol. The van der Waals surface area contributed by atoms with E-state index in [0.29, 0.717) is 106 Å². The summed E-state index contributed by atoms with van der Waals surface area (Å²) >= 11 is 0. The Labute approximate surface area is 621 Å². The first kappa shape index (κ1) is 79.3. The van der Waals surface area contributed by atoms with Crippen LogP contribution < -0.4 is 82.6 Å². The number of nitrogens with one attached hydrogen (secondary N) is 8. The first-order valence-electron chi connectivity index (χ1n) is 36.0. The Hall–Kier alpha value is -11.3. The molecule has 0 bridgehead atoms. The molecule has 0 aromatic heterocycles. The molecule has 8 aliphatic rings. The SMILES string of the molecule is Cc1cc2nc3c(=O)[nH]c(=O)nc-3n(CCNCCCCN)c2cc1C.Cc1cc2nc3c(=O)[nH]c(=O)nc-3n(CCNCCCN)c2cc1C.Cc1cc2nc3c(=O)[nH]c(=O)nc-3n(CCNCCN(C)C)c2cc1C.Cc1cc2nc3c(=O)[nH]c(=O)nc-3n(CCNCc3ccc(N(C)C)cc3)c2cc1C. The molecule has 0 fully saturated rings. The van der Waals surface area contributed by atoms with Gasteiger partial charge in [-0.3, -0.25) is 39.1 Å². The van der Waals surface area contributed by atoms with Crippen LogP contribution in [0.5, 0.6) is 0 Å². The van der Waals surface area contributed by atoms with Crippen LogP contribution in [-0.4, -0.2) is 177 Å². The summed E-state index contributed by atoms with van der Waals surface area (Å²) in [5.41, 5.74) is 24.6. The van der Waals surface area contributed by atoms with Crippen molar-refractivity contribution in [3.05, 3.63) is 206 Å². The number of fused-ring (bicyclic) bond motifs is 8. The Balaban J connectivity index is 0.000000154. The highest BCUT2D eigenvalue weighted by atomic mass is 16.2. The van der Waals surface area contributed by atoms with E-state index >= 15 is 0 Å². The van der Waals surface area contributed by atoms with Crippen molar-refractivity contribution >= 4 is 49.8 Å². The second kappa shape index (κ2) is 35.9. The van der Waals surface area contributed by atoms with E-state index in [1.54, 1.807) is 0 Å². The molecule has 0 aliphatic carbocycles. The lowest BCUT2D eigenvalue weighted by atomic mass is 10.1. The summed E-state index contributed by atoms with van der Waals surface area (Å²) in [7, 11) is 8.09. The number of hydrogen-bond donors (Lipinski definition) is 10. The number of benzene rings is 5. The number of nitrogens with two attached hydrogens (primary N) is 2. The van der Waals surface area contributed by atoms with Gasteiger partial charge in [0.15, 0.2) is 46.1 Å². The molecule has 0 saturated heterocycles. The van der Waals surface area contributed by atoms with Gasteiger partial charge in [-0.1, -0.05) is 12.1 Å². The van der Waals surface area contributed by atoms with Crippen LogP contribution in [0.25, 0.3) is 90.2 Å². The lowest BCUT2D eigenvalue weighted by Crippen LogP contribution is -2.32. The lowest BCUT2D eigenvalue weighted by molar-refractivity contribution is 0.398. The number of H-pyrrole nitrogens is 4. The summed E-state index contributed by atoms with van der Waals surface area (Å²) in [6.07, 6.45) is 2.89. The van der Waals surface area contributed by atoms with Crippen LogP contribution >= 0.6 is 0 Å². The maximum atomic E-state index is 12.3. The number of aromatic nitrogens is 16. The number of aryl methyl sites for hydroxylation is 8. The van der Waals surface area contributed by atoms with E-state index < -0.39 is 45.0 Å². The zero-order chi connectivity index (χ0) is 77.6. The second-order valence-corrected chi connectivity index (χ2v) is 27.4. The molecule has 0 amide bonds. The van der Waals surface area contributed by atoms with Crippen molar-refractivity contribution in [1.82, 2.24) is 104 Å². The third-order valence-electron chi connectivity index (χ3n) is 18.8. The minimum absolute atomic E-state index is 0.176. The number of unbranched alkanes of at least 4 members (excludes halogenated alkanes) is 1. The van der Waals surface area contributed by atoms with Crippen LogP contribution in [0.1, 0.15) is 69.3 Å². The molecule has 108 heavy (non-hydrogen) atoms. The number of aromatic amines is 4. The number of nitrogens with zero attached hydrogens (tertiary/aromatic N) is 14. The molecule has 32 nitrogen and oxygen atoms in total. The Bertz CT molecular complexity index is 5740. The zero-order valence-corrected chi connectivity index (χ0v) is 63.3. The lowest BCUT2D eigenvalue weighted by Gasteiger charge is -2.18. The van der Waals surface area contributed by atoms with Crippen LogP contribution in [-0.2, 0) is 32.7 Å². The Kier molecular flexibility index (Phi) is 26.4. The van der Waals surface area contributed by atoms with Gasteiger partial charge in [0.05, 0.1) is 44.1 Å². The maximum absolute atomic E-state index is 12.3. The monoisotopic (exact) mass is 1470 g/mol. The topological polar surface area (TPSA) is 429 Å². The summed E-state index contributed by atoms with van der Waals surface area (Å²) in [5, 5.41) is 13.5. The van der Waals surface area contributed by atoms with Crippen molar-refractivity contribution < 1.29 is 0 Å². The van der Waals surface area contributed by atoms with Gasteiger partial charge in [-0.2, -0.15) is 19.9 Å². The highest BCUT2D eigenvalue weighted by molar-refractivity contribution is 5.84. The number of anilines is 1. The van der Waals surface area contributed by atoms with Crippen LogP contribution in [0, 0.1) is 55.4 Å². The van der Waals surface area contributed by atoms with E-state index in [4.69, 9.17) is 11.5 Å². The van der Waals surface area contributed by atoms with Crippen molar-refractivity contribution in [2.45, 2.75) is 107 Å². The summed E-state index contributed by atoms with van der Waals surface area (Å²) in [6, 6.07) is 24.3. The number of hydrogen-bond acceptors (Lipinski definition) is 24. The van der Waals surface area contributed by atoms with Crippen molar-refractivity contribution in [3.8, 4) is 46.1 Å². The molecule has 0 spiro atoms. The third-order valence-corrected chi connectivity index (χ3v) is 18.8. The van der Waals surface area contributed by atoms with Gasteiger partial charge in [-0.15, -0.1) is 0 Å². The van der Waals surface area contributed by atoms with Crippen LogP contribution in [0.2, 0.25) is 0 Å². The zero-order valence-electron chi connectivity index (χ0n) is 63.3. The third kappa shape index (κ3) is 19.1. The quantitative estimate of drug-likeness (QED) is 0.0290. The van der Waals surface area contributed by atoms with Gasteiger partial charge >= 0.3 is 22.8 Å². The molecule has 568 valence electrons. The molecular weight excluding hydrogens is 1380 g/mol. The Morgan fingerprint density at radius 3 is 0.935 bits per heavy atom. The average Bonchev–Trinajstić information content (AvgIpc) is 0.777. The first-order chi connectivity index (χ1) is 51.7. The average molecular weight is 1470 g/mol. The van der Waals surface area contributed by atoms with E-state index in [9.17, 15) is 38.4 Å². The highest BCUT2D eigenvalue weighted by Gasteiger charge is 2.24. The molecule has 5 aromatic rings. The van der Waals surface area contributed by atoms with Crippen molar-refractivity contribution in [2.24, 2.45) is 11.5 Å². The Morgan fingerprint density at radius 2 is 0.639 bits per heavy atom. The molecular formula is C76H96N24O8. The molecule has 32 heteroatoms. The normalized spacial score (nSPS) is 11.5. The molecule has 0 saturated carbocycles. The van der Waals surface area contributed by atoms with Crippen molar-refractivity contribution in [3.63, 3.8) is 0 Å². The largest absolute Gasteiger partial charge is 0.378 e. The van der Waals surface area contributed by atoms with Gasteiger partial charge in [0, 0.05) is 91.8 Å². The fraction of sp³-hybridized carbons (Fsp3) is 0.395. The number of likely N-dealkylation sites (N-methyl/N-ethyl adjacent to an activating group) is 1. The van der Waals surface area contributed by atoms with E-state index in [1.807, 2.05) is 150 Å². The van der Waals surface area contributed by atoms with E-state index in [2.05, 4.69) is 115 Å². The van der Waals surface area contributed by atoms with Gasteiger partial charge in [-0.25, -0.2) is 39.1 Å². The molecule has 12 N–H and O–H groups in total. The molecule has 8 heterocycles. The van der Waals surface area contributed by atoms with Gasteiger partial charge in [-0.05, 0) is 226 Å². The molecule has 13 rings (SSSR count). The smallest absolute Gasteiger partial charge is 0.349 e. The van der Waals surface area contributed by atoms with E-state index in [1.165, 1.54) is 5.56 Å². The van der Waals surface area contributed by atoms with Crippen LogP contribution in [0.15, 0.2) is 111 Å². The fourth-order valence-electron chi connectivity index (χ4n) is 12.3. The standard InChI is InChI=1S/C23H26N6O2.2C18H24N6O2.C17H22N6O2/c1-14-11-18-19(12-15(14)2)29(21-20(25-18)22(30)27-23(31)26-21)10-9-24-13-16-5-7-17(8-6-16)28(3)4;1-11-9-13-14(10-12(11)2)24(8-6-19-5-7-23(3)4)16-15(20-13)17(25)22-18(26)21-16;1-11-9-13-14(10-12(11)2)24(8-7-20-6-4-3-5-19)16-15(21-13)17(25)23-18(26)22-16;1-10-8-12-13(9-11(10)2)23(7-6-19-5-3-4-18)15-14(20-12)16(24)22-17(25)21-15/h5-8,11-12,24H,9-10,13H2,1-4H3,(H,27,30,31);9-10,19H,5-8H2,1-4H3,(H,22,25,26);9-10,20H,3-8,19H2,1-2H3,(H,23,25,26);8-9,19H,3-7,18H2,1-2H3,(H,22,24,25).